The van der Waals surface area contributed by atoms with Crippen LogP contribution in [0, 0.1) is 0 Å². The quantitative estimate of drug-likeness (QED) is 0.660. The second-order valence-corrected chi connectivity index (χ2v) is 12.3. The lowest BCUT2D eigenvalue weighted by atomic mass is 10.2. The zero-order valence-corrected chi connectivity index (χ0v) is 16.5. The van der Waals surface area contributed by atoms with E-state index in [2.05, 4.69) is 87.5 Å². The topological polar surface area (TPSA) is 35.2 Å². The van der Waals surface area contributed by atoms with Gasteiger partial charge in [0.25, 0.3) is 8.32 Å². The molecule has 2 aromatic rings. The van der Waals surface area contributed by atoms with E-state index < -0.39 is 8.32 Å². The lowest BCUT2D eigenvalue weighted by Gasteiger charge is -2.43. The van der Waals surface area contributed by atoms with Crippen molar-refractivity contribution in [1.29, 1.82) is 0 Å². The van der Waals surface area contributed by atoms with Crippen LogP contribution in [0.5, 0.6) is 0 Å². The van der Waals surface area contributed by atoms with Gasteiger partial charge in [0, 0.05) is 6.04 Å². The van der Waals surface area contributed by atoms with Gasteiger partial charge in [-0.15, -0.1) is 0 Å². The molecule has 0 aromatic heterocycles. The van der Waals surface area contributed by atoms with Gasteiger partial charge in [-0.25, -0.2) is 0 Å². The van der Waals surface area contributed by atoms with Crippen molar-refractivity contribution in [3.8, 4) is 0 Å². The Kier molecular flexibility index (Phi) is 5.28. The van der Waals surface area contributed by atoms with Crippen LogP contribution in [0.15, 0.2) is 72.3 Å². The van der Waals surface area contributed by atoms with Crippen molar-refractivity contribution in [2.24, 2.45) is 5.73 Å². The average Bonchev–Trinajstić information content (AvgIpc) is 3.02. The molecule has 132 valence electrons. The monoisotopic (exact) mass is 351 g/mol. The summed E-state index contributed by atoms with van der Waals surface area (Å²) in [6, 6.07) is 21.8. The highest BCUT2D eigenvalue weighted by molar-refractivity contribution is 6.99. The minimum atomic E-state index is -2.42. The fraction of sp³-hybridized carbons (Fsp3) is 0.364. The molecule has 2 nitrogen and oxygen atoms in total. The molecule has 0 saturated heterocycles. The average molecular weight is 352 g/mol. The summed E-state index contributed by atoms with van der Waals surface area (Å²) < 4.78 is 6.91. The number of benzene rings is 2. The third-order valence-electron chi connectivity index (χ3n) is 5.14. The van der Waals surface area contributed by atoms with Gasteiger partial charge in [-0.05, 0) is 33.8 Å². The smallest absolute Gasteiger partial charge is 0.261 e. The molecule has 0 fully saturated rings. The molecule has 2 aromatic carbocycles. The van der Waals surface area contributed by atoms with Crippen molar-refractivity contribution in [3.05, 3.63) is 72.3 Å². The maximum Gasteiger partial charge on any atom is 0.261 e. The molecular formula is C22H29NOSi. The first-order chi connectivity index (χ1) is 11.9. The summed E-state index contributed by atoms with van der Waals surface area (Å²) in [4.78, 5) is 0. The van der Waals surface area contributed by atoms with E-state index in [1.807, 2.05) is 0 Å². The van der Waals surface area contributed by atoms with E-state index in [9.17, 15) is 0 Å². The Morgan fingerprint density at radius 1 is 0.960 bits per heavy atom. The predicted octanol–water partition coefficient (Wildman–Crippen LogP) is 3.61. The van der Waals surface area contributed by atoms with Crippen LogP contribution >= 0.6 is 0 Å². The van der Waals surface area contributed by atoms with E-state index >= 15 is 0 Å². The molecule has 1 aliphatic carbocycles. The predicted molar refractivity (Wildman–Crippen MR) is 109 cm³/mol. The summed E-state index contributed by atoms with van der Waals surface area (Å²) in [6.07, 6.45) is 4.29. The molecule has 0 heterocycles. The zero-order chi connectivity index (χ0) is 17.9. The molecule has 3 heteroatoms. The molecule has 0 aliphatic heterocycles. The van der Waals surface area contributed by atoms with Crippen molar-refractivity contribution in [1.82, 2.24) is 0 Å². The molecule has 0 amide bonds. The van der Waals surface area contributed by atoms with E-state index in [-0.39, 0.29) is 11.1 Å². The minimum absolute atomic E-state index is 0.0248. The number of nitrogens with two attached hydrogens (primary N) is 1. The van der Waals surface area contributed by atoms with Crippen LogP contribution in [0.2, 0.25) is 5.04 Å². The van der Waals surface area contributed by atoms with Crippen LogP contribution in [-0.2, 0) is 4.43 Å². The van der Waals surface area contributed by atoms with Crippen molar-refractivity contribution in [2.75, 3.05) is 6.61 Å². The molecule has 0 spiro atoms. The van der Waals surface area contributed by atoms with E-state index in [0.29, 0.717) is 6.61 Å². The van der Waals surface area contributed by atoms with Crippen molar-refractivity contribution < 1.29 is 4.43 Å². The van der Waals surface area contributed by atoms with Gasteiger partial charge >= 0.3 is 0 Å². The SMILES string of the molecule is CC(C)(C)[Si](OCC1=CC(N)CC1)(c1ccccc1)c1ccccc1. The first-order valence-electron chi connectivity index (χ1n) is 9.13. The molecule has 0 saturated carbocycles. The van der Waals surface area contributed by atoms with Gasteiger partial charge in [-0.1, -0.05) is 87.5 Å². The highest BCUT2D eigenvalue weighted by Crippen LogP contribution is 2.37. The van der Waals surface area contributed by atoms with E-state index in [0.717, 1.165) is 12.8 Å². The molecule has 0 bridgehead atoms. The third kappa shape index (κ3) is 3.64. The van der Waals surface area contributed by atoms with Gasteiger partial charge < -0.3 is 10.2 Å². The summed E-state index contributed by atoms with van der Waals surface area (Å²) >= 11 is 0. The van der Waals surface area contributed by atoms with Gasteiger partial charge in [0.1, 0.15) is 0 Å². The highest BCUT2D eigenvalue weighted by atomic mass is 28.4. The van der Waals surface area contributed by atoms with E-state index in [1.165, 1.54) is 15.9 Å². The Labute approximate surface area is 152 Å². The molecule has 1 aliphatic rings. The lowest BCUT2D eigenvalue weighted by molar-refractivity contribution is 0.327. The van der Waals surface area contributed by atoms with E-state index in [4.69, 9.17) is 10.2 Å². The largest absolute Gasteiger partial charge is 0.403 e. The highest BCUT2D eigenvalue weighted by Gasteiger charge is 2.50. The van der Waals surface area contributed by atoms with Gasteiger partial charge in [0.05, 0.1) is 6.61 Å². The van der Waals surface area contributed by atoms with Crippen LogP contribution in [0.25, 0.3) is 0 Å². The Bertz CT molecular complexity index is 679. The molecule has 2 N–H and O–H groups in total. The minimum Gasteiger partial charge on any atom is -0.403 e. The summed E-state index contributed by atoms with van der Waals surface area (Å²) in [5, 5.41) is 2.69. The van der Waals surface area contributed by atoms with Gasteiger partial charge in [0.15, 0.2) is 0 Å². The Morgan fingerprint density at radius 2 is 1.48 bits per heavy atom. The van der Waals surface area contributed by atoms with Crippen molar-refractivity contribution in [3.63, 3.8) is 0 Å². The summed E-state index contributed by atoms with van der Waals surface area (Å²) in [6.45, 7) is 7.62. The van der Waals surface area contributed by atoms with Crippen LogP contribution in [0.3, 0.4) is 0 Å². The summed E-state index contributed by atoms with van der Waals surface area (Å²) in [7, 11) is -2.42. The lowest BCUT2D eigenvalue weighted by Crippen LogP contribution is -2.66. The second-order valence-electron chi connectivity index (χ2n) is 7.98. The van der Waals surface area contributed by atoms with Gasteiger partial charge in [0.2, 0.25) is 0 Å². The first-order valence-corrected chi connectivity index (χ1v) is 11.0. The van der Waals surface area contributed by atoms with Crippen LogP contribution < -0.4 is 16.1 Å². The van der Waals surface area contributed by atoms with Crippen LogP contribution in [0.4, 0.5) is 0 Å². The fourth-order valence-corrected chi connectivity index (χ4v) is 8.46. The first kappa shape index (κ1) is 18.1. The molecule has 3 rings (SSSR count). The Morgan fingerprint density at radius 3 is 1.88 bits per heavy atom. The standard InChI is InChI=1S/C22H29NOSi/c1-22(2,3)25(20-10-6-4-7-11-20,21-12-8-5-9-13-21)24-17-18-14-15-19(23)16-18/h4-13,16,19H,14-15,17,23H2,1-3H3. The molecule has 25 heavy (non-hydrogen) atoms. The summed E-state index contributed by atoms with van der Waals surface area (Å²) in [5.41, 5.74) is 7.40. The second kappa shape index (κ2) is 7.28. The number of hydrogen-bond donors (Lipinski definition) is 1. The Balaban J connectivity index is 2.07. The maximum atomic E-state index is 6.91. The summed E-state index contributed by atoms with van der Waals surface area (Å²) in [5.74, 6) is 0. The zero-order valence-electron chi connectivity index (χ0n) is 15.5. The van der Waals surface area contributed by atoms with Gasteiger partial charge in [-0.2, -0.15) is 0 Å². The van der Waals surface area contributed by atoms with Crippen molar-refractivity contribution in [2.45, 2.75) is 44.7 Å². The van der Waals surface area contributed by atoms with Crippen LogP contribution in [-0.4, -0.2) is 21.0 Å². The molecule has 1 unspecified atom stereocenters. The third-order valence-corrected chi connectivity index (χ3v) is 10.1. The van der Waals surface area contributed by atoms with Crippen LogP contribution in [0.1, 0.15) is 33.6 Å². The Hall–Kier alpha value is -1.68. The maximum absolute atomic E-state index is 6.91. The van der Waals surface area contributed by atoms with Crippen molar-refractivity contribution >= 4 is 18.7 Å². The van der Waals surface area contributed by atoms with Gasteiger partial charge in [-0.3, -0.25) is 0 Å². The molecule has 0 radical (unpaired) electrons. The van der Waals surface area contributed by atoms with E-state index in [1.54, 1.807) is 0 Å². The fourth-order valence-electron chi connectivity index (χ4n) is 3.90. The normalized spacial score (nSPS) is 18.2. The number of rotatable bonds is 5. The number of hydrogen-bond acceptors (Lipinski definition) is 2. The molecule has 1 atom stereocenters. The molecular weight excluding hydrogens is 322 g/mol.